The number of aromatic nitrogens is 2. The molecule has 0 saturated heterocycles. The molecule has 0 aliphatic heterocycles. The van der Waals surface area contributed by atoms with E-state index in [-0.39, 0.29) is 5.91 Å². The van der Waals surface area contributed by atoms with Crippen LogP contribution in [0.15, 0.2) is 79.6 Å². The number of amides is 1. The molecule has 176 valence electrons. The lowest BCUT2D eigenvalue weighted by molar-refractivity contribution is 0.0955. The zero-order chi connectivity index (χ0) is 24.4. The maximum atomic E-state index is 11.2. The Kier molecular flexibility index (Phi) is 14.5. The highest BCUT2D eigenvalue weighted by atomic mass is 79.9. The lowest BCUT2D eigenvalue weighted by Crippen LogP contribution is -2.25. The Morgan fingerprint density at radius 1 is 0.848 bits per heavy atom. The maximum Gasteiger partial charge on any atom is 0.254 e. The fraction of sp³-hybridized carbons (Fsp3) is 0.105. The quantitative estimate of drug-likeness (QED) is 0.183. The van der Waals surface area contributed by atoms with Gasteiger partial charge in [0.1, 0.15) is 6.33 Å². The Morgan fingerprint density at radius 3 is 1.67 bits per heavy atom. The molecular formula is C19H13Br6N3O2S3. The lowest BCUT2D eigenvalue weighted by Gasteiger charge is -2.09. The van der Waals surface area contributed by atoms with Crippen molar-refractivity contribution in [2.75, 3.05) is 12.3 Å². The van der Waals surface area contributed by atoms with Gasteiger partial charge < -0.3 is 5.32 Å². The zero-order valence-corrected chi connectivity index (χ0v) is 28.2. The average Bonchev–Trinajstić information content (AvgIpc) is 2.76. The Labute approximate surface area is 256 Å². The number of hydrogen-bond donors (Lipinski definition) is 2. The molecule has 2 aromatic carbocycles. The molecule has 1 amide bonds. The number of rotatable bonds is 7. The van der Waals surface area contributed by atoms with Crippen LogP contribution in [0.2, 0.25) is 0 Å². The number of halogens is 6. The monoisotopic (exact) mass is 885 g/mol. The molecule has 0 radical (unpaired) electrons. The van der Waals surface area contributed by atoms with Gasteiger partial charge in [-0.25, -0.2) is 13.6 Å². The molecule has 0 unspecified atom stereocenters. The molecule has 0 atom stereocenters. The van der Waals surface area contributed by atoms with Crippen LogP contribution < -0.4 is 5.32 Å². The summed E-state index contributed by atoms with van der Waals surface area (Å²) in [5.74, 6) is 0.462. The number of nitrogens with zero attached hydrogens (tertiary/aromatic N) is 2. The highest BCUT2D eigenvalue weighted by molar-refractivity contribution is 9.12. The minimum Gasteiger partial charge on any atom is -0.351 e. The third kappa shape index (κ3) is 10.4. The first kappa shape index (κ1) is 30.1. The van der Waals surface area contributed by atoms with Gasteiger partial charge in [-0.1, -0.05) is 31.9 Å². The standard InChI is InChI=1S/C12H4Br6OS2.C7H9N3OS/c13-5-1-7(15)11(8(16)2-5)20-19-21-12-9(17)3-6(14)4-10(12)18;11-7(10-1-2-12)6-3-8-5-9-4-6/h1-4H;3-5,12H,1-2H2,(H,10,11). The second-order valence-corrected chi connectivity index (χ2v) is 13.1. The molecule has 0 aliphatic rings. The van der Waals surface area contributed by atoms with Crippen LogP contribution in [0.5, 0.6) is 0 Å². The van der Waals surface area contributed by atoms with E-state index in [0.717, 1.165) is 36.6 Å². The predicted octanol–water partition coefficient (Wildman–Crippen LogP) is 9.13. The van der Waals surface area contributed by atoms with Gasteiger partial charge in [-0.2, -0.15) is 12.6 Å². The van der Waals surface area contributed by atoms with Gasteiger partial charge in [-0.3, -0.25) is 4.79 Å². The third-order valence-corrected chi connectivity index (χ3v) is 9.83. The van der Waals surface area contributed by atoms with Crippen LogP contribution in [0.4, 0.5) is 0 Å². The van der Waals surface area contributed by atoms with E-state index in [1.165, 1.54) is 42.8 Å². The van der Waals surface area contributed by atoms with Gasteiger partial charge in [-0.05, 0) is 88.0 Å². The molecule has 33 heavy (non-hydrogen) atoms. The van der Waals surface area contributed by atoms with Crippen molar-refractivity contribution in [2.24, 2.45) is 0 Å². The molecule has 14 heteroatoms. The van der Waals surface area contributed by atoms with E-state index >= 15 is 0 Å². The third-order valence-electron chi connectivity index (χ3n) is 3.38. The smallest absolute Gasteiger partial charge is 0.254 e. The molecule has 1 heterocycles. The molecule has 0 saturated carbocycles. The number of thiol groups is 1. The van der Waals surface area contributed by atoms with Crippen molar-refractivity contribution in [2.45, 2.75) is 9.79 Å². The van der Waals surface area contributed by atoms with Gasteiger partial charge in [0.15, 0.2) is 0 Å². The number of hydrogen-bond acceptors (Lipinski definition) is 7. The molecule has 0 bridgehead atoms. The van der Waals surface area contributed by atoms with Gasteiger partial charge >= 0.3 is 0 Å². The summed E-state index contributed by atoms with van der Waals surface area (Å²) in [5, 5.41) is 2.65. The van der Waals surface area contributed by atoms with Crippen LogP contribution in [0, 0.1) is 0 Å². The molecule has 0 fully saturated rings. The summed E-state index contributed by atoms with van der Waals surface area (Å²) in [4.78, 5) is 20.6. The van der Waals surface area contributed by atoms with E-state index in [4.69, 9.17) is 3.63 Å². The normalized spacial score (nSPS) is 10.4. The minimum absolute atomic E-state index is 0.162. The molecular weight excluding hydrogens is 878 g/mol. The van der Waals surface area contributed by atoms with Crippen molar-refractivity contribution in [3.63, 3.8) is 0 Å². The summed E-state index contributed by atoms with van der Waals surface area (Å²) in [6.45, 7) is 0.552. The first-order chi connectivity index (χ1) is 15.7. The number of carbonyl (C=O) groups is 1. The summed E-state index contributed by atoms with van der Waals surface area (Å²) in [6, 6.07) is 7.92. The molecule has 3 aromatic rings. The Balaban J connectivity index is 0.000000273. The first-order valence-corrected chi connectivity index (χ1v) is 15.5. The Morgan fingerprint density at radius 2 is 1.27 bits per heavy atom. The van der Waals surface area contributed by atoms with Crippen molar-refractivity contribution in [1.82, 2.24) is 15.3 Å². The van der Waals surface area contributed by atoms with Crippen molar-refractivity contribution in [1.29, 1.82) is 0 Å². The second-order valence-electron chi connectivity index (χ2n) is 5.74. The summed E-state index contributed by atoms with van der Waals surface area (Å²) in [5.41, 5.74) is 0.472. The summed E-state index contributed by atoms with van der Waals surface area (Å²) >= 11 is 27.6. The lowest BCUT2D eigenvalue weighted by atomic mass is 10.3. The van der Waals surface area contributed by atoms with Crippen molar-refractivity contribution in [3.8, 4) is 0 Å². The van der Waals surface area contributed by atoms with E-state index in [0.29, 0.717) is 17.9 Å². The van der Waals surface area contributed by atoms with Crippen LogP contribution in [0.1, 0.15) is 10.4 Å². The van der Waals surface area contributed by atoms with Gasteiger partial charge in [0.2, 0.25) is 0 Å². The van der Waals surface area contributed by atoms with E-state index in [9.17, 15) is 4.79 Å². The summed E-state index contributed by atoms with van der Waals surface area (Å²) in [6.07, 6.45) is 4.33. The van der Waals surface area contributed by atoms with E-state index in [2.05, 4.69) is 123 Å². The molecule has 5 nitrogen and oxygen atoms in total. The van der Waals surface area contributed by atoms with Crippen molar-refractivity contribution >= 4 is 138 Å². The highest BCUT2D eigenvalue weighted by Gasteiger charge is 2.12. The predicted molar refractivity (Wildman–Crippen MR) is 160 cm³/mol. The maximum absolute atomic E-state index is 11.2. The molecule has 3 rings (SSSR count). The van der Waals surface area contributed by atoms with E-state index < -0.39 is 0 Å². The molecule has 0 aliphatic carbocycles. The van der Waals surface area contributed by atoms with Gasteiger partial charge in [-0.15, -0.1) is 0 Å². The second kappa shape index (κ2) is 15.9. The number of nitrogens with one attached hydrogen (secondary N) is 1. The van der Waals surface area contributed by atoms with Crippen LogP contribution >= 0.6 is 132 Å². The fourth-order valence-electron chi connectivity index (χ4n) is 1.99. The summed E-state index contributed by atoms with van der Waals surface area (Å²) in [7, 11) is 0. The van der Waals surface area contributed by atoms with Crippen LogP contribution in [-0.2, 0) is 3.63 Å². The number of benzene rings is 2. The number of carbonyl (C=O) groups excluding carboxylic acids is 1. The van der Waals surface area contributed by atoms with Crippen LogP contribution in [0.25, 0.3) is 0 Å². The molecule has 1 N–H and O–H groups in total. The topological polar surface area (TPSA) is 64.1 Å². The molecule has 1 aromatic heterocycles. The van der Waals surface area contributed by atoms with Gasteiger partial charge in [0, 0.05) is 75.6 Å². The SMILES string of the molecule is Brc1cc(Br)c(SOSc2c(Br)cc(Br)cc2Br)c(Br)c1.O=C(NCCS)c1cncnc1. The van der Waals surface area contributed by atoms with Crippen molar-refractivity contribution < 1.29 is 8.42 Å². The van der Waals surface area contributed by atoms with Gasteiger partial charge in [0.05, 0.1) is 15.4 Å². The zero-order valence-electron chi connectivity index (χ0n) is 16.2. The molecule has 0 spiro atoms. The first-order valence-electron chi connectivity index (χ1n) is 8.67. The fourth-order valence-corrected chi connectivity index (χ4v) is 8.65. The minimum atomic E-state index is -0.162. The summed E-state index contributed by atoms with van der Waals surface area (Å²) < 4.78 is 11.5. The largest absolute Gasteiger partial charge is 0.351 e. The van der Waals surface area contributed by atoms with Crippen molar-refractivity contribution in [3.05, 3.63) is 75.4 Å². The van der Waals surface area contributed by atoms with E-state index in [1.54, 1.807) is 0 Å². The van der Waals surface area contributed by atoms with E-state index in [1.807, 2.05) is 24.3 Å². The van der Waals surface area contributed by atoms with Crippen LogP contribution in [-0.4, -0.2) is 28.2 Å². The highest BCUT2D eigenvalue weighted by Crippen LogP contribution is 2.43. The average molecular weight is 891 g/mol. The Hall–Kier alpha value is 0.880. The van der Waals surface area contributed by atoms with Crippen LogP contribution in [0.3, 0.4) is 0 Å². The Bertz CT molecular complexity index is 992. The van der Waals surface area contributed by atoms with Gasteiger partial charge in [0.25, 0.3) is 5.91 Å².